The van der Waals surface area contributed by atoms with E-state index in [0.717, 1.165) is 16.5 Å². The summed E-state index contributed by atoms with van der Waals surface area (Å²) in [6.07, 6.45) is 2.00. The Morgan fingerprint density at radius 3 is 2.71 bits per heavy atom. The molecule has 1 aromatic heterocycles. The van der Waals surface area contributed by atoms with Gasteiger partial charge in [0.1, 0.15) is 6.04 Å². The third-order valence-electron chi connectivity index (χ3n) is 3.55. The molecule has 21 heavy (non-hydrogen) atoms. The van der Waals surface area contributed by atoms with E-state index in [1.54, 1.807) is 38.4 Å². The quantitative estimate of drug-likeness (QED) is 0.744. The van der Waals surface area contributed by atoms with Crippen LogP contribution < -0.4 is 5.32 Å². The minimum Gasteiger partial charge on any atom is -0.480 e. The topological polar surface area (TPSA) is 99.3 Å². The third-order valence-corrected chi connectivity index (χ3v) is 5.28. The fraction of sp³-hybridized carbons (Fsp3) is 0.357. The highest BCUT2D eigenvalue weighted by atomic mass is 32.2. The number of carboxylic acid groups (broad SMARTS) is 1. The molecule has 0 aliphatic carbocycles. The van der Waals surface area contributed by atoms with Crippen molar-refractivity contribution in [1.29, 1.82) is 0 Å². The molecule has 0 saturated heterocycles. The lowest BCUT2D eigenvalue weighted by Crippen LogP contribution is -2.35. The molecule has 1 atom stereocenters. The molecule has 0 radical (unpaired) electrons. The first-order chi connectivity index (χ1) is 9.89. The van der Waals surface area contributed by atoms with Crippen LogP contribution in [0.3, 0.4) is 0 Å². The number of rotatable bonds is 6. The first-order valence-electron chi connectivity index (χ1n) is 6.62. The Balaban J connectivity index is 2.47. The molecule has 0 saturated carbocycles. The van der Waals surface area contributed by atoms with Gasteiger partial charge >= 0.3 is 5.97 Å². The Labute approximate surface area is 123 Å². The molecule has 2 rings (SSSR count). The lowest BCUT2D eigenvalue weighted by Gasteiger charge is -2.10. The molecule has 1 aromatic carbocycles. The maximum atomic E-state index is 11.9. The zero-order chi connectivity index (χ0) is 15.6. The highest BCUT2D eigenvalue weighted by Crippen LogP contribution is 2.24. The van der Waals surface area contributed by atoms with Gasteiger partial charge in [0.25, 0.3) is 0 Å². The van der Waals surface area contributed by atoms with E-state index in [1.807, 2.05) is 0 Å². The van der Waals surface area contributed by atoms with Crippen molar-refractivity contribution in [1.82, 2.24) is 10.3 Å². The number of aromatic amines is 1. The van der Waals surface area contributed by atoms with Crippen LogP contribution in [0.25, 0.3) is 10.9 Å². The Bertz CT molecular complexity index is 764. The fourth-order valence-electron chi connectivity index (χ4n) is 2.22. The molecule has 0 spiro atoms. The van der Waals surface area contributed by atoms with Crippen LogP contribution >= 0.6 is 0 Å². The summed E-state index contributed by atoms with van der Waals surface area (Å²) in [5.74, 6) is -0.906. The monoisotopic (exact) mass is 310 g/mol. The van der Waals surface area contributed by atoms with Gasteiger partial charge in [0.05, 0.1) is 10.6 Å². The van der Waals surface area contributed by atoms with Crippen LogP contribution in [0, 0.1) is 0 Å². The van der Waals surface area contributed by atoms with Gasteiger partial charge in [-0.1, -0.05) is 6.92 Å². The van der Waals surface area contributed by atoms with Crippen LogP contribution in [-0.2, 0) is 21.1 Å². The normalized spacial score (nSPS) is 13.4. The molecule has 0 bridgehead atoms. The molecular formula is C14H18N2O4S. The van der Waals surface area contributed by atoms with Crippen molar-refractivity contribution in [3.8, 4) is 0 Å². The minimum absolute atomic E-state index is 0.0343. The van der Waals surface area contributed by atoms with Gasteiger partial charge in [-0.3, -0.25) is 4.79 Å². The Morgan fingerprint density at radius 1 is 1.43 bits per heavy atom. The molecule has 0 fully saturated rings. The summed E-state index contributed by atoms with van der Waals surface area (Å²) in [5.41, 5.74) is 1.57. The molecule has 0 aliphatic heterocycles. The van der Waals surface area contributed by atoms with Gasteiger partial charge in [-0.2, -0.15) is 0 Å². The highest BCUT2D eigenvalue weighted by Gasteiger charge is 2.19. The number of hydrogen-bond acceptors (Lipinski definition) is 4. The van der Waals surface area contributed by atoms with Crippen LogP contribution in [0.1, 0.15) is 12.5 Å². The highest BCUT2D eigenvalue weighted by molar-refractivity contribution is 7.91. The molecule has 0 aliphatic rings. The maximum Gasteiger partial charge on any atom is 0.321 e. The summed E-state index contributed by atoms with van der Waals surface area (Å²) in [5, 5.41) is 12.6. The second-order valence-corrected chi connectivity index (χ2v) is 7.09. The number of carbonyl (C=O) groups is 1. The van der Waals surface area contributed by atoms with E-state index >= 15 is 0 Å². The number of aliphatic carboxylic acids is 1. The molecule has 114 valence electrons. The van der Waals surface area contributed by atoms with E-state index in [-0.39, 0.29) is 17.1 Å². The average molecular weight is 310 g/mol. The van der Waals surface area contributed by atoms with E-state index < -0.39 is 21.8 Å². The lowest BCUT2D eigenvalue weighted by molar-refractivity contribution is -0.139. The number of H-pyrrole nitrogens is 1. The SMILES string of the molecule is CCS(=O)(=O)c1ccc2[nH]cc(CC(NC)C(=O)O)c2c1. The Morgan fingerprint density at radius 2 is 2.14 bits per heavy atom. The van der Waals surface area contributed by atoms with Crippen LogP contribution in [-0.4, -0.2) is 43.3 Å². The number of benzene rings is 1. The molecule has 6 nitrogen and oxygen atoms in total. The van der Waals surface area contributed by atoms with Gasteiger partial charge < -0.3 is 15.4 Å². The third kappa shape index (κ3) is 3.08. The first kappa shape index (κ1) is 15.5. The predicted molar refractivity (Wildman–Crippen MR) is 80.2 cm³/mol. The molecule has 1 unspecified atom stereocenters. The second-order valence-electron chi connectivity index (χ2n) is 4.81. The van der Waals surface area contributed by atoms with E-state index in [0.29, 0.717) is 0 Å². The van der Waals surface area contributed by atoms with Crippen LogP contribution in [0.5, 0.6) is 0 Å². The lowest BCUT2D eigenvalue weighted by atomic mass is 10.1. The van der Waals surface area contributed by atoms with Gasteiger partial charge in [0.15, 0.2) is 9.84 Å². The molecule has 3 N–H and O–H groups in total. The van der Waals surface area contributed by atoms with E-state index in [1.165, 1.54) is 0 Å². The fourth-order valence-corrected chi connectivity index (χ4v) is 3.13. The van der Waals surface area contributed by atoms with Gasteiger partial charge in [0.2, 0.25) is 0 Å². The van der Waals surface area contributed by atoms with E-state index in [2.05, 4.69) is 10.3 Å². The van der Waals surface area contributed by atoms with Gasteiger partial charge in [-0.05, 0) is 30.8 Å². The number of aromatic nitrogens is 1. The van der Waals surface area contributed by atoms with E-state index in [4.69, 9.17) is 5.11 Å². The number of fused-ring (bicyclic) bond motifs is 1. The van der Waals surface area contributed by atoms with Crippen molar-refractivity contribution in [3.63, 3.8) is 0 Å². The smallest absolute Gasteiger partial charge is 0.321 e. The summed E-state index contributed by atoms with van der Waals surface area (Å²) in [7, 11) is -1.70. The first-order valence-corrected chi connectivity index (χ1v) is 8.27. The summed E-state index contributed by atoms with van der Waals surface area (Å²) in [6, 6.07) is 4.16. The van der Waals surface area contributed by atoms with E-state index in [9.17, 15) is 13.2 Å². The summed E-state index contributed by atoms with van der Waals surface area (Å²) in [6.45, 7) is 1.60. The number of likely N-dealkylation sites (N-methyl/N-ethyl adjacent to an activating group) is 1. The zero-order valence-corrected chi connectivity index (χ0v) is 12.7. The average Bonchev–Trinajstić information content (AvgIpc) is 2.86. The Kier molecular flexibility index (Phi) is 4.34. The van der Waals surface area contributed by atoms with Crippen molar-refractivity contribution < 1.29 is 18.3 Å². The van der Waals surface area contributed by atoms with Crippen molar-refractivity contribution >= 4 is 26.7 Å². The van der Waals surface area contributed by atoms with Gasteiger partial charge in [-0.15, -0.1) is 0 Å². The molecular weight excluding hydrogens is 292 g/mol. The summed E-state index contributed by atoms with van der Waals surface area (Å²) < 4.78 is 23.9. The standard InChI is InChI=1S/C14H18N2O4S/c1-3-21(19,20)10-4-5-12-11(7-10)9(8-16-12)6-13(15-2)14(17)18/h4-5,7-8,13,15-16H,3,6H2,1-2H3,(H,17,18). The Hall–Kier alpha value is -1.86. The predicted octanol–water partition coefficient (Wildman–Crippen LogP) is 1.18. The zero-order valence-electron chi connectivity index (χ0n) is 11.9. The molecule has 1 heterocycles. The van der Waals surface area contributed by atoms with Crippen LogP contribution in [0.4, 0.5) is 0 Å². The van der Waals surface area contributed by atoms with Crippen molar-refractivity contribution in [2.75, 3.05) is 12.8 Å². The van der Waals surface area contributed by atoms with Gasteiger partial charge in [0, 0.05) is 23.5 Å². The van der Waals surface area contributed by atoms with Crippen LogP contribution in [0.15, 0.2) is 29.3 Å². The van der Waals surface area contributed by atoms with Crippen molar-refractivity contribution in [3.05, 3.63) is 30.0 Å². The summed E-state index contributed by atoms with van der Waals surface area (Å²) in [4.78, 5) is 14.4. The minimum atomic E-state index is -3.28. The largest absolute Gasteiger partial charge is 0.480 e. The number of nitrogens with one attached hydrogen (secondary N) is 2. The number of hydrogen-bond donors (Lipinski definition) is 3. The van der Waals surface area contributed by atoms with Gasteiger partial charge in [-0.25, -0.2) is 8.42 Å². The van der Waals surface area contributed by atoms with Crippen molar-refractivity contribution in [2.24, 2.45) is 0 Å². The number of sulfone groups is 1. The summed E-state index contributed by atoms with van der Waals surface area (Å²) >= 11 is 0. The molecule has 0 amide bonds. The number of carboxylic acids is 1. The van der Waals surface area contributed by atoms with Crippen LogP contribution in [0.2, 0.25) is 0 Å². The second kappa shape index (κ2) is 5.87. The molecule has 7 heteroatoms. The molecule has 2 aromatic rings. The maximum absolute atomic E-state index is 11.9. The van der Waals surface area contributed by atoms with Crippen molar-refractivity contribution in [2.45, 2.75) is 24.3 Å².